The number of carbonyl (C=O) groups is 1. The summed E-state index contributed by atoms with van der Waals surface area (Å²) in [7, 11) is -2.93. The van der Waals surface area contributed by atoms with Crippen LogP contribution in [0.1, 0.15) is 10.5 Å². The summed E-state index contributed by atoms with van der Waals surface area (Å²) >= 11 is 12.6. The highest BCUT2D eigenvalue weighted by atomic mass is 35.5. The number of nitrogens with one attached hydrogen (secondary N) is 1. The van der Waals surface area contributed by atoms with Crippen molar-refractivity contribution in [2.45, 2.75) is 4.21 Å². The van der Waals surface area contributed by atoms with E-state index in [-0.39, 0.29) is 25.6 Å². The van der Waals surface area contributed by atoms with Crippen molar-refractivity contribution in [3.8, 4) is 0 Å². The third-order valence-electron chi connectivity index (χ3n) is 2.36. The Labute approximate surface area is 134 Å². The minimum Gasteiger partial charge on any atom is -0.464 e. The highest BCUT2D eigenvalue weighted by molar-refractivity contribution is 7.94. The van der Waals surface area contributed by atoms with Gasteiger partial charge in [-0.05, 0) is 12.1 Å². The molecule has 2 rings (SSSR count). The molecular formula is C11H8Cl2N2O4S2. The topological polar surface area (TPSA) is 85.4 Å². The molecule has 0 aliphatic carbocycles. The van der Waals surface area contributed by atoms with Gasteiger partial charge in [-0.15, -0.1) is 11.3 Å². The fourth-order valence-electron chi connectivity index (χ4n) is 1.43. The highest BCUT2D eigenvalue weighted by Crippen LogP contribution is 2.33. The Morgan fingerprint density at radius 2 is 1.95 bits per heavy atom. The van der Waals surface area contributed by atoms with E-state index in [0.29, 0.717) is 0 Å². The molecule has 6 nitrogen and oxygen atoms in total. The molecule has 1 aromatic carbocycles. The van der Waals surface area contributed by atoms with Crippen LogP contribution in [0.2, 0.25) is 10.0 Å². The average Bonchev–Trinajstić information content (AvgIpc) is 2.92. The maximum atomic E-state index is 12.3. The van der Waals surface area contributed by atoms with Gasteiger partial charge in [0.25, 0.3) is 10.0 Å². The number of thiazole rings is 1. The first-order valence-electron chi connectivity index (χ1n) is 5.35. The Hall–Kier alpha value is -1.35. The molecule has 2 aromatic rings. The normalized spacial score (nSPS) is 11.2. The van der Waals surface area contributed by atoms with Crippen LogP contribution >= 0.6 is 34.5 Å². The van der Waals surface area contributed by atoms with Crippen molar-refractivity contribution < 1.29 is 17.9 Å². The van der Waals surface area contributed by atoms with Gasteiger partial charge in [-0.2, -0.15) is 0 Å². The summed E-state index contributed by atoms with van der Waals surface area (Å²) in [6.07, 6.45) is 0. The molecule has 21 heavy (non-hydrogen) atoms. The summed E-state index contributed by atoms with van der Waals surface area (Å²) in [6, 6.07) is 4.55. The lowest BCUT2D eigenvalue weighted by Crippen LogP contribution is -2.16. The molecule has 0 spiro atoms. The number of hydrogen-bond donors (Lipinski definition) is 1. The van der Waals surface area contributed by atoms with Gasteiger partial charge in [0, 0.05) is 0 Å². The Balaban J connectivity index is 2.45. The van der Waals surface area contributed by atoms with Gasteiger partial charge in [0.1, 0.15) is 0 Å². The number of sulfonamides is 1. The second kappa shape index (κ2) is 6.18. The van der Waals surface area contributed by atoms with Gasteiger partial charge in [0.2, 0.25) is 0 Å². The fraction of sp³-hybridized carbons (Fsp3) is 0.0909. The van der Waals surface area contributed by atoms with Crippen molar-refractivity contribution >= 4 is 56.2 Å². The number of rotatable bonds is 4. The molecule has 0 amide bonds. The number of aromatic nitrogens is 1. The Morgan fingerprint density at radius 3 is 2.52 bits per heavy atom. The van der Waals surface area contributed by atoms with Crippen LogP contribution in [0.3, 0.4) is 0 Å². The van der Waals surface area contributed by atoms with E-state index < -0.39 is 16.0 Å². The SMILES string of the molecule is COC(=O)c1ncsc1S(=O)(=O)Nc1c(Cl)cccc1Cl. The Bertz CT molecular complexity index is 769. The van der Waals surface area contributed by atoms with E-state index in [4.69, 9.17) is 23.2 Å². The summed E-state index contributed by atoms with van der Waals surface area (Å²) < 4.78 is 31.1. The van der Waals surface area contributed by atoms with Gasteiger partial charge in [-0.25, -0.2) is 18.2 Å². The van der Waals surface area contributed by atoms with Crippen LogP contribution < -0.4 is 4.72 Å². The number of halogens is 2. The zero-order chi connectivity index (χ0) is 15.6. The lowest BCUT2D eigenvalue weighted by molar-refractivity contribution is 0.0590. The third-order valence-corrected chi connectivity index (χ3v) is 5.71. The second-order valence-electron chi connectivity index (χ2n) is 3.68. The van der Waals surface area contributed by atoms with Crippen molar-refractivity contribution in [3.63, 3.8) is 0 Å². The van der Waals surface area contributed by atoms with Crippen molar-refractivity contribution in [1.29, 1.82) is 0 Å². The number of methoxy groups -OCH3 is 1. The summed E-state index contributed by atoms with van der Waals surface area (Å²) in [5, 5.41) is 0.269. The van der Waals surface area contributed by atoms with Crippen LogP contribution in [0.4, 0.5) is 5.69 Å². The molecule has 0 radical (unpaired) electrons. The smallest absolute Gasteiger partial charge is 0.358 e. The molecule has 1 N–H and O–H groups in total. The maximum Gasteiger partial charge on any atom is 0.358 e. The molecule has 112 valence electrons. The van der Waals surface area contributed by atoms with E-state index in [9.17, 15) is 13.2 Å². The lowest BCUT2D eigenvalue weighted by Gasteiger charge is -2.10. The van der Waals surface area contributed by atoms with E-state index >= 15 is 0 Å². The molecule has 0 saturated carbocycles. The number of nitrogens with zero attached hydrogens (tertiary/aromatic N) is 1. The minimum atomic E-state index is -4.06. The number of ether oxygens (including phenoxy) is 1. The van der Waals surface area contributed by atoms with Crippen LogP contribution in [0.15, 0.2) is 27.9 Å². The fourth-order valence-corrected chi connectivity index (χ4v) is 4.27. The zero-order valence-corrected chi connectivity index (χ0v) is 13.6. The van der Waals surface area contributed by atoms with Gasteiger partial charge in [-0.3, -0.25) is 4.72 Å². The molecule has 0 aliphatic rings. The van der Waals surface area contributed by atoms with Crippen LogP contribution in [0.5, 0.6) is 0 Å². The Morgan fingerprint density at radius 1 is 1.33 bits per heavy atom. The van der Waals surface area contributed by atoms with Crippen molar-refractivity contribution in [1.82, 2.24) is 4.98 Å². The molecule has 0 saturated heterocycles. The van der Waals surface area contributed by atoms with Crippen LogP contribution in [0, 0.1) is 0 Å². The first-order chi connectivity index (χ1) is 9.86. The van der Waals surface area contributed by atoms with Gasteiger partial charge in [0.15, 0.2) is 9.90 Å². The first-order valence-corrected chi connectivity index (χ1v) is 8.47. The van der Waals surface area contributed by atoms with Crippen LogP contribution in [-0.4, -0.2) is 26.5 Å². The van der Waals surface area contributed by atoms with Crippen molar-refractivity contribution in [2.24, 2.45) is 0 Å². The van der Waals surface area contributed by atoms with Gasteiger partial charge >= 0.3 is 5.97 Å². The van der Waals surface area contributed by atoms with E-state index in [0.717, 1.165) is 18.4 Å². The number of carbonyl (C=O) groups excluding carboxylic acids is 1. The number of anilines is 1. The standard InChI is InChI=1S/C11H8Cl2N2O4S2/c1-19-10(16)9-11(20-5-14-9)21(17,18)15-8-6(12)3-2-4-7(8)13/h2-5,15H,1H3. The number of hydrogen-bond acceptors (Lipinski definition) is 6. The largest absolute Gasteiger partial charge is 0.464 e. The summed E-state index contributed by atoms with van der Waals surface area (Å²) in [4.78, 5) is 15.2. The average molecular weight is 367 g/mol. The molecule has 1 heterocycles. The third kappa shape index (κ3) is 3.29. The Kier molecular flexibility index (Phi) is 4.72. The quantitative estimate of drug-likeness (QED) is 0.840. The minimum absolute atomic E-state index is 0.0325. The molecule has 10 heteroatoms. The molecule has 0 atom stereocenters. The van der Waals surface area contributed by atoms with E-state index in [1.807, 2.05) is 0 Å². The molecular weight excluding hydrogens is 359 g/mol. The summed E-state index contributed by atoms with van der Waals surface area (Å²) in [5.74, 6) is -0.845. The predicted molar refractivity (Wildman–Crippen MR) is 80.7 cm³/mol. The molecule has 0 unspecified atom stereocenters. The molecule has 1 aromatic heterocycles. The second-order valence-corrected chi connectivity index (χ2v) is 7.23. The number of para-hydroxylation sites is 1. The summed E-state index contributed by atoms with van der Waals surface area (Å²) in [6.45, 7) is 0. The van der Waals surface area contributed by atoms with E-state index in [2.05, 4.69) is 14.4 Å². The molecule has 0 aliphatic heterocycles. The zero-order valence-electron chi connectivity index (χ0n) is 10.5. The van der Waals surface area contributed by atoms with Gasteiger partial charge < -0.3 is 4.74 Å². The van der Waals surface area contributed by atoms with Crippen molar-refractivity contribution in [3.05, 3.63) is 39.4 Å². The van der Waals surface area contributed by atoms with Gasteiger partial charge in [-0.1, -0.05) is 29.3 Å². The van der Waals surface area contributed by atoms with Crippen molar-refractivity contribution in [2.75, 3.05) is 11.8 Å². The maximum absolute atomic E-state index is 12.3. The monoisotopic (exact) mass is 366 g/mol. The molecule has 0 bridgehead atoms. The number of benzene rings is 1. The van der Waals surface area contributed by atoms with Crippen LogP contribution in [-0.2, 0) is 14.8 Å². The predicted octanol–water partition coefficient (Wildman–Crippen LogP) is 3.04. The lowest BCUT2D eigenvalue weighted by atomic mass is 10.3. The first kappa shape index (κ1) is 16.0. The van der Waals surface area contributed by atoms with Gasteiger partial charge in [0.05, 0.1) is 28.4 Å². The van der Waals surface area contributed by atoms with E-state index in [1.54, 1.807) is 6.07 Å². The van der Waals surface area contributed by atoms with Crippen LogP contribution in [0.25, 0.3) is 0 Å². The molecule has 0 fully saturated rings. The highest BCUT2D eigenvalue weighted by Gasteiger charge is 2.27. The van der Waals surface area contributed by atoms with E-state index in [1.165, 1.54) is 17.6 Å². The summed E-state index contributed by atoms with van der Waals surface area (Å²) in [5.41, 5.74) is 0.970. The number of esters is 1.